The zero-order valence-corrected chi connectivity index (χ0v) is 27.9. The van der Waals surface area contributed by atoms with Crippen LogP contribution >= 0.6 is 11.8 Å². The fourth-order valence-corrected chi connectivity index (χ4v) is 6.56. The summed E-state index contributed by atoms with van der Waals surface area (Å²) in [6.45, 7) is -0.0488. The van der Waals surface area contributed by atoms with Gasteiger partial charge in [0.25, 0.3) is 0 Å². The van der Waals surface area contributed by atoms with Crippen molar-refractivity contribution < 1.29 is 34.1 Å². The van der Waals surface area contributed by atoms with Crippen molar-refractivity contribution in [3.8, 4) is 0 Å². The van der Waals surface area contributed by atoms with E-state index in [0.29, 0.717) is 59.8 Å². The van der Waals surface area contributed by atoms with E-state index < -0.39 is 12.3 Å². The van der Waals surface area contributed by atoms with E-state index in [2.05, 4.69) is 10.6 Å². The van der Waals surface area contributed by atoms with Gasteiger partial charge in [0.2, 0.25) is 11.8 Å². The fraction of sp³-hybridized carbons (Fsp3) is 0.289. The van der Waals surface area contributed by atoms with Crippen LogP contribution in [0.3, 0.4) is 0 Å². The summed E-state index contributed by atoms with van der Waals surface area (Å²) in [5.41, 5.74) is 10.4. The SMILES string of the molecule is Nc1ccccc1NC(=O)CCCCCC(=O)Nc1ccc([C@@H]2O[C@H](CSc3ccccc3C(=O)O)C[C@H](c3ccc(CO)cc3)O2)cc1. The Morgan fingerprint density at radius 3 is 2.12 bits per heavy atom. The summed E-state index contributed by atoms with van der Waals surface area (Å²) < 4.78 is 12.8. The van der Waals surface area contributed by atoms with Crippen LogP contribution in [-0.4, -0.2) is 39.9 Å². The van der Waals surface area contributed by atoms with Gasteiger partial charge in [-0.15, -0.1) is 11.8 Å². The van der Waals surface area contributed by atoms with Gasteiger partial charge < -0.3 is 36.1 Å². The van der Waals surface area contributed by atoms with Crippen molar-refractivity contribution in [2.24, 2.45) is 0 Å². The average molecular weight is 684 g/mol. The van der Waals surface area contributed by atoms with Gasteiger partial charge in [0, 0.05) is 41.2 Å². The first-order valence-corrected chi connectivity index (χ1v) is 17.3. The summed E-state index contributed by atoms with van der Waals surface area (Å²) in [5, 5.41) is 24.8. The van der Waals surface area contributed by atoms with E-state index in [9.17, 15) is 24.6 Å². The molecule has 256 valence electrons. The Morgan fingerprint density at radius 1 is 0.776 bits per heavy atom. The number of carbonyl (C=O) groups excluding carboxylic acids is 2. The van der Waals surface area contributed by atoms with Crippen LogP contribution in [0.1, 0.15) is 78.0 Å². The number of nitrogens with two attached hydrogens (primary N) is 1. The number of nitrogens with one attached hydrogen (secondary N) is 2. The Labute approximate surface area is 290 Å². The molecule has 3 atom stereocenters. The summed E-state index contributed by atoms with van der Waals surface area (Å²) in [5.74, 6) is -0.661. The number of carboxylic acids is 1. The van der Waals surface area contributed by atoms with Crippen LogP contribution in [0.5, 0.6) is 0 Å². The molecule has 6 N–H and O–H groups in total. The van der Waals surface area contributed by atoms with Gasteiger partial charge in [-0.25, -0.2) is 4.79 Å². The van der Waals surface area contributed by atoms with Gasteiger partial charge in [-0.3, -0.25) is 9.59 Å². The molecule has 1 heterocycles. The van der Waals surface area contributed by atoms with E-state index in [1.807, 2.05) is 66.7 Å². The predicted octanol–water partition coefficient (Wildman–Crippen LogP) is 7.32. The van der Waals surface area contributed by atoms with E-state index in [-0.39, 0.29) is 36.2 Å². The minimum absolute atomic E-state index is 0.0488. The number of carbonyl (C=O) groups is 3. The maximum atomic E-state index is 12.6. The first-order valence-electron chi connectivity index (χ1n) is 16.3. The molecule has 0 unspecified atom stereocenters. The maximum Gasteiger partial charge on any atom is 0.336 e. The van der Waals surface area contributed by atoms with Crippen molar-refractivity contribution in [3.63, 3.8) is 0 Å². The van der Waals surface area contributed by atoms with Gasteiger partial charge in [-0.2, -0.15) is 0 Å². The predicted molar refractivity (Wildman–Crippen MR) is 190 cm³/mol. The van der Waals surface area contributed by atoms with Crippen molar-refractivity contribution in [3.05, 3.63) is 119 Å². The first-order chi connectivity index (χ1) is 23.8. The number of rotatable bonds is 15. The number of unbranched alkanes of at least 4 members (excludes halogenated alkanes) is 2. The van der Waals surface area contributed by atoms with Gasteiger partial charge >= 0.3 is 5.97 Å². The van der Waals surface area contributed by atoms with Crippen molar-refractivity contribution >= 4 is 46.6 Å². The highest BCUT2D eigenvalue weighted by Gasteiger charge is 2.32. The van der Waals surface area contributed by atoms with Gasteiger partial charge in [0.1, 0.15) is 0 Å². The Bertz CT molecular complexity index is 1720. The molecule has 1 aliphatic rings. The molecule has 4 aromatic carbocycles. The lowest BCUT2D eigenvalue weighted by molar-refractivity contribution is -0.245. The first kappa shape index (κ1) is 35.6. The topological polar surface area (TPSA) is 160 Å². The quantitative estimate of drug-likeness (QED) is 0.0491. The van der Waals surface area contributed by atoms with E-state index in [1.54, 1.807) is 30.3 Å². The van der Waals surface area contributed by atoms with Crippen molar-refractivity contribution in [1.82, 2.24) is 0 Å². The summed E-state index contributed by atoms with van der Waals surface area (Å²) in [7, 11) is 0. The molecule has 5 rings (SSSR count). The number of hydrogen-bond donors (Lipinski definition) is 5. The number of thioether (sulfide) groups is 1. The second-order valence-corrected chi connectivity index (χ2v) is 12.9. The number of carboxylic acid groups (broad SMARTS) is 1. The van der Waals surface area contributed by atoms with E-state index in [4.69, 9.17) is 15.2 Å². The molecular formula is C38H41N3O7S. The number of nitrogen functional groups attached to an aromatic ring is 1. The molecule has 1 saturated heterocycles. The number of para-hydroxylation sites is 2. The van der Waals surface area contributed by atoms with Crippen LogP contribution in [0.15, 0.2) is 102 Å². The van der Waals surface area contributed by atoms with E-state index in [1.165, 1.54) is 11.8 Å². The summed E-state index contributed by atoms with van der Waals surface area (Å²) in [6, 6.07) is 29.0. The zero-order valence-electron chi connectivity index (χ0n) is 27.0. The molecule has 0 radical (unpaired) electrons. The van der Waals surface area contributed by atoms with Crippen LogP contribution in [0.25, 0.3) is 0 Å². The van der Waals surface area contributed by atoms with Crippen molar-refractivity contribution in [2.45, 2.75) is 68.5 Å². The Balaban J connectivity index is 1.14. The lowest BCUT2D eigenvalue weighted by atomic mass is 10.0. The normalized spacial score (nSPS) is 17.3. The van der Waals surface area contributed by atoms with Crippen LogP contribution in [0.4, 0.5) is 17.1 Å². The van der Waals surface area contributed by atoms with Crippen LogP contribution in [0, 0.1) is 0 Å². The number of amides is 2. The Hall–Kier alpha value is -4.68. The zero-order chi connectivity index (χ0) is 34.6. The molecule has 49 heavy (non-hydrogen) atoms. The lowest BCUT2D eigenvalue weighted by Crippen LogP contribution is -2.31. The highest BCUT2D eigenvalue weighted by Crippen LogP contribution is 2.40. The number of aliphatic hydroxyl groups is 1. The summed E-state index contributed by atoms with van der Waals surface area (Å²) >= 11 is 1.44. The molecular weight excluding hydrogens is 642 g/mol. The molecule has 4 aromatic rings. The number of hydrogen-bond acceptors (Lipinski definition) is 8. The molecule has 1 aliphatic heterocycles. The second kappa shape index (κ2) is 17.6. The highest BCUT2D eigenvalue weighted by atomic mass is 32.2. The third-order valence-electron chi connectivity index (χ3n) is 8.17. The van der Waals surface area contributed by atoms with Crippen LogP contribution < -0.4 is 16.4 Å². The van der Waals surface area contributed by atoms with Gasteiger partial charge in [0.05, 0.1) is 35.8 Å². The fourth-order valence-electron chi connectivity index (χ4n) is 5.49. The molecule has 0 bridgehead atoms. The molecule has 0 saturated carbocycles. The van der Waals surface area contributed by atoms with E-state index >= 15 is 0 Å². The van der Waals surface area contributed by atoms with Crippen LogP contribution in [0.2, 0.25) is 0 Å². The van der Waals surface area contributed by atoms with Gasteiger partial charge in [0.15, 0.2) is 6.29 Å². The van der Waals surface area contributed by atoms with Crippen LogP contribution in [-0.2, 0) is 25.7 Å². The molecule has 11 heteroatoms. The van der Waals surface area contributed by atoms with Crippen molar-refractivity contribution in [1.29, 1.82) is 0 Å². The lowest BCUT2D eigenvalue weighted by Gasteiger charge is -2.36. The molecule has 0 aliphatic carbocycles. The number of aliphatic hydroxyl groups excluding tert-OH is 1. The third-order valence-corrected chi connectivity index (χ3v) is 9.37. The van der Waals surface area contributed by atoms with Gasteiger partial charge in [-0.1, -0.05) is 67.1 Å². The molecule has 1 fully saturated rings. The summed E-state index contributed by atoms with van der Waals surface area (Å²) in [4.78, 5) is 37.2. The standard InChI is InChI=1S/C38H41N3O7S/c39-31-9-5-6-10-32(31)41-36(44)13-3-1-2-12-35(43)40-28-20-18-27(19-21-28)38-47-29(24-49-34-11-7-4-8-30(34)37(45)46)22-33(48-38)26-16-14-25(23-42)15-17-26/h4-11,14-21,29,33,38,42H,1-3,12-13,22-24,39H2,(H,40,43)(H,41,44)(H,45,46)/t29-,33+,38+/m0/s1. The number of aromatic carboxylic acids is 1. The largest absolute Gasteiger partial charge is 0.478 e. The van der Waals surface area contributed by atoms with E-state index in [0.717, 1.165) is 23.1 Å². The second-order valence-electron chi connectivity index (χ2n) is 11.8. The molecule has 0 spiro atoms. The van der Waals surface area contributed by atoms with Gasteiger partial charge in [-0.05, 0) is 60.4 Å². The Morgan fingerprint density at radius 2 is 1.43 bits per heavy atom. The molecule has 2 amide bonds. The monoisotopic (exact) mass is 683 g/mol. The Kier molecular flexibility index (Phi) is 12.8. The van der Waals surface area contributed by atoms with Crippen molar-refractivity contribution in [2.75, 3.05) is 22.1 Å². The minimum Gasteiger partial charge on any atom is -0.478 e. The smallest absolute Gasteiger partial charge is 0.336 e. The number of ether oxygens (including phenoxy) is 2. The molecule has 0 aromatic heterocycles. The number of anilines is 3. The maximum absolute atomic E-state index is 12.6. The highest BCUT2D eigenvalue weighted by molar-refractivity contribution is 7.99. The number of benzene rings is 4. The minimum atomic E-state index is -0.974. The average Bonchev–Trinajstić information content (AvgIpc) is 3.12. The third kappa shape index (κ3) is 10.4. The summed E-state index contributed by atoms with van der Waals surface area (Å²) in [6.07, 6.45) is 2.12. The molecule has 10 nitrogen and oxygen atoms in total.